The van der Waals surface area contributed by atoms with E-state index in [9.17, 15) is 18.0 Å². The lowest BCUT2D eigenvalue weighted by Gasteiger charge is -2.09. The molecule has 0 bridgehead atoms. The Morgan fingerprint density at radius 2 is 1.76 bits per heavy atom. The second-order valence-electron chi connectivity index (χ2n) is 5.89. The number of rotatable bonds is 7. The topological polar surface area (TPSA) is 132 Å². The van der Waals surface area contributed by atoms with Crippen LogP contribution < -0.4 is 29.8 Å². The summed E-state index contributed by atoms with van der Waals surface area (Å²) in [5, 5.41) is 0. The van der Waals surface area contributed by atoms with Crippen molar-refractivity contribution in [2.45, 2.75) is 11.3 Å². The number of sulfonamides is 1. The van der Waals surface area contributed by atoms with Gasteiger partial charge in [-0.25, -0.2) is 13.1 Å². The smallest absolute Gasteiger partial charge is 0.269 e. The van der Waals surface area contributed by atoms with Crippen molar-refractivity contribution in [1.82, 2.24) is 15.6 Å². The lowest BCUT2D eigenvalue weighted by molar-refractivity contribution is -0.121. The van der Waals surface area contributed by atoms with Gasteiger partial charge >= 0.3 is 0 Å². The van der Waals surface area contributed by atoms with Crippen LogP contribution in [-0.2, 0) is 14.8 Å². The highest BCUT2D eigenvalue weighted by molar-refractivity contribution is 7.89. The molecule has 0 saturated carbocycles. The van der Waals surface area contributed by atoms with Crippen LogP contribution in [0.1, 0.15) is 16.8 Å². The first-order valence-corrected chi connectivity index (χ1v) is 10.00. The number of hydrogen-bond donors (Lipinski definition) is 3. The molecule has 2 aromatic carbocycles. The zero-order valence-electron chi connectivity index (χ0n) is 15.4. The van der Waals surface area contributed by atoms with Gasteiger partial charge < -0.3 is 14.2 Å². The molecule has 11 heteroatoms. The van der Waals surface area contributed by atoms with Gasteiger partial charge in [0.1, 0.15) is 5.75 Å². The molecule has 1 aliphatic heterocycles. The predicted octanol–water partition coefficient (Wildman–Crippen LogP) is 0.553. The number of methoxy groups -OCH3 is 1. The molecule has 0 atom stereocenters. The first-order valence-electron chi connectivity index (χ1n) is 8.51. The fourth-order valence-corrected chi connectivity index (χ4v) is 3.47. The minimum atomic E-state index is -3.76. The first-order chi connectivity index (χ1) is 13.9. The van der Waals surface area contributed by atoms with Gasteiger partial charge in [0, 0.05) is 18.5 Å². The number of amides is 2. The zero-order chi connectivity index (χ0) is 20.9. The zero-order valence-corrected chi connectivity index (χ0v) is 16.2. The largest absolute Gasteiger partial charge is 0.497 e. The van der Waals surface area contributed by atoms with Crippen molar-refractivity contribution in [3.8, 4) is 17.2 Å². The van der Waals surface area contributed by atoms with Crippen LogP contribution in [0.25, 0.3) is 0 Å². The minimum Gasteiger partial charge on any atom is -0.497 e. The molecule has 2 aromatic rings. The molecule has 10 nitrogen and oxygen atoms in total. The third kappa shape index (κ3) is 5.15. The van der Waals surface area contributed by atoms with Crippen molar-refractivity contribution in [3.05, 3.63) is 48.0 Å². The number of hydrogen-bond acceptors (Lipinski definition) is 7. The third-order valence-corrected chi connectivity index (χ3v) is 5.44. The van der Waals surface area contributed by atoms with E-state index < -0.39 is 21.8 Å². The monoisotopic (exact) mass is 421 g/mol. The number of carbonyl (C=O) groups excluding carboxylic acids is 2. The van der Waals surface area contributed by atoms with Crippen molar-refractivity contribution >= 4 is 21.8 Å². The van der Waals surface area contributed by atoms with Gasteiger partial charge in [-0.05, 0) is 42.5 Å². The van der Waals surface area contributed by atoms with Crippen molar-refractivity contribution in [1.29, 1.82) is 0 Å². The maximum atomic E-state index is 12.2. The Bertz CT molecular complexity index is 1010. The molecule has 1 heterocycles. The Labute approximate surface area is 167 Å². The third-order valence-electron chi connectivity index (χ3n) is 3.96. The molecular formula is C18H19N3O7S. The van der Waals surface area contributed by atoms with Crippen LogP contribution in [0.5, 0.6) is 17.2 Å². The van der Waals surface area contributed by atoms with Crippen LogP contribution in [0.2, 0.25) is 0 Å². The van der Waals surface area contributed by atoms with E-state index >= 15 is 0 Å². The molecule has 0 spiro atoms. The predicted molar refractivity (Wildman–Crippen MR) is 101 cm³/mol. The number of ether oxygens (including phenoxy) is 3. The van der Waals surface area contributed by atoms with E-state index in [1.165, 1.54) is 43.5 Å². The molecule has 3 N–H and O–H groups in total. The van der Waals surface area contributed by atoms with E-state index in [2.05, 4.69) is 15.6 Å². The molecule has 29 heavy (non-hydrogen) atoms. The van der Waals surface area contributed by atoms with E-state index in [-0.39, 0.29) is 30.2 Å². The molecule has 154 valence electrons. The first kappa shape index (κ1) is 20.4. The van der Waals surface area contributed by atoms with E-state index in [0.29, 0.717) is 17.2 Å². The van der Waals surface area contributed by atoms with Gasteiger partial charge in [-0.3, -0.25) is 20.4 Å². The van der Waals surface area contributed by atoms with Crippen LogP contribution in [0.15, 0.2) is 47.4 Å². The Kier molecular flexibility index (Phi) is 6.20. The van der Waals surface area contributed by atoms with Crippen LogP contribution in [0, 0.1) is 0 Å². The number of fused-ring (bicyclic) bond motifs is 1. The molecule has 0 aliphatic carbocycles. The van der Waals surface area contributed by atoms with Gasteiger partial charge in [0.25, 0.3) is 5.91 Å². The van der Waals surface area contributed by atoms with Gasteiger partial charge in [0.05, 0.1) is 12.0 Å². The Morgan fingerprint density at radius 1 is 1.03 bits per heavy atom. The minimum absolute atomic E-state index is 0.0508. The van der Waals surface area contributed by atoms with Gasteiger partial charge in [-0.15, -0.1) is 0 Å². The maximum Gasteiger partial charge on any atom is 0.269 e. The maximum absolute atomic E-state index is 12.2. The SMILES string of the molecule is COc1ccc(S(=O)(=O)NCCC(=O)NNC(=O)c2ccc3c(c2)OCO3)cc1. The van der Waals surface area contributed by atoms with Crippen LogP contribution in [0.3, 0.4) is 0 Å². The number of nitrogens with one attached hydrogen (secondary N) is 3. The second-order valence-corrected chi connectivity index (χ2v) is 7.66. The van der Waals surface area contributed by atoms with E-state index in [4.69, 9.17) is 14.2 Å². The highest BCUT2D eigenvalue weighted by Crippen LogP contribution is 2.32. The van der Waals surface area contributed by atoms with Crippen LogP contribution in [-0.4, -0.2) is 40.7 Å². The standard InChI is InChI=1S/C18H19N3O7S/c1-26-13-3-5-14(6-4-13)29(24,25)19-9-8-17(22)20-21-18(23)12-2-7-15-16(10-12)28-11-27-15/h2-7,10,19H,8-9,11H2,1H3,(H,20,22)(H,21,23). The van der Waals surface area contributed by atoms with Crippen LogP contribution in [0.4, 0.5) is 0 Å². The summed E-state index contributed by atoms with van der Waals surface area (Å²) in [6.07, 6.45) is -0.170. The molecule has 0 aromatic heterocycles. The summed E-state index contributed by atoms with van der Waals surface area (Å²) in [7, 11) is -2.28. The fourth-order valence-electron chi connectivity index (χ4n) is 2.44. The second kappa shape index (κ2) is 8.80. The molecular weight excluding hydrogens is 402 g/mol. The summed E-state index contributed by atoms with van der Waals surface area (Å²) in [6.45, 7) is -0.0519. The van der Waals surface area contributed by atoms with E-state index in [0.717, 1.165) is 0 Å². The quantitative estimate of drug-likeness (QED) is 0.556. The highest BCUT2D eigenvalue weighted by Gasteiger charge is 2.17. The molecule has 1 aliphatic rings. The summed E-state index contributed by atoms with van der Waals surface area (Å²) in [5.41, 5.74) is 4.76. The number of hydrazine groups is 1. The summed E-state index contributed by atoms with van der Waals surface area (Å²) in [5.74, 6) is 0.403. The summed E-state index contributed by atoms with van der Waals surface area (Å²) in [4.78, 5) is 24.0. The summed E-state index contributed by atoms with van der Waals surface area (Å²) >= 11 is 0. The molecule has 2 amide bonds. The molecule has 0 radical (unpaired) electrons. The van der Waals surface area contributed by atoms with Crippen molar-refractivity contribution in [3.63, 3.8) is 0 Å². The Morgan fingerprint density at radius 3 is 2.48 bits per heavy atom. The molecule has 0 saturated heterocycles. The highest BCUT2D eigenvalue weighted by atomic mass is 32.2. The molecule has 0 unspecified atom stereocenters. The van der Waals surface area contributed by atoms with Crippen molar-refractivity contribution in [2.24, 2.45) is 0 Å². The average Bonchev–Trinajstić information content (AvgIpc) is 3.19. The average molecular weight is 421 g/mol. The van der Waals surface area contributed by atoms with Crippen molar-refractivity contribution in [2.75, 3.05) is 20.4 Å². The summed E-state index contributed by atoms with van der Waals surface area (Å²) in [6, 6.07) is 10.4. The number of benzene rings is 2. The van der Waals surface area contributed by atoms with Gasteiger partial charge in [0.2, 0.25) is 22.7 Å². The Hall–Kier alpha value is -3.31. The van der Waals surface area contributed by atoms with Crippen molar-refractivity contribution < 1.29 is 32.2 Å². The lowest BCUT2D eigenvalue weighted by atomic mass is 10.2. The normalized spacial score (nSPS) is 12.3. The van der Waals surface area contributed by atoms with E-state index in [1.54, 1.807) is 6.07 Å². The fraction of sp³-hybridized carbons (Fsp3) is 0.222. The van der Waals surface area contributed by atoms with E-state index in [1.807, 2.05) is 0 Å². The van der Waals surface area contributed by atoms with Gasteiger partial charge in [-0.2, -0.15) is 0 Å². The molecule has 0 fully saturated rings. The van der Waals surface area contributed by atoms with Crippen LogP contribution >= 0.6 is 0 Å². The number of carbonyl (C=O) groups is 2. The Balaban J connectivity index is 1.44. The lowest BCUT2D eigenvalue weighted by Crippen LogP contribution is -2.42. The van der Waals surface area contributed by atoms with Gasteiger partial charge in [0.15, 0.2) is 11.5 Å². The van der Waals surface area contributed by atoms with Gasteiger partial charge in [-0.1, -0.05) is 0 Å². The summed E-state index contributed by atoms with van der Waals surface area (Å²) < 4.78 is 42.0. The molecule has 3 rings (SSSR count).